The minimum atomic E-state index is -1.84. The average molecular weight is 1460 g/mol. The van der Waals surface area contributed by atoms with Crippen LogP contribution < -0.4 is 58.7 Å². The van der Waals surface area contributed by atoms with E-state index in [1.165, 1.54) is 45.5 Å². The molecule has 2 saturated heterocycles. The molecular weight excluding hydrogens is 1360 g/mol. The Morgan fingerprint density at radius 3 is 1.73 bits per heavy atom. The number of phenols is 1. The lowest BCUT2D eigenvalue weighted by Crippen LogP contribution is -2.61. The summed E-state index contributed by atoms with van der Waals surface area (Å²) in [5, 5.41) is 55.1. The van der Waals surface area contributed by atoms with Crippen LogP contribution in [0.4, 0.5) is 0 Å². The summed E-state index contributed by atoms with van der Waals surface area (Å²) in [4.78, 5) is 191. The summed E-state index contributed by atoms with van der Waals surface area (Å²) in [6.07, 6.45) is 3.34. The molecule has 15 N–H and O–H groups in total. The number of carboxylic acids is 2. The first-order chi connectivity index (χ1) is 48.7. The van der Waals surface area contributed by atoms with Crippen molar-refractivity contribution >= 4 is 107 Å². The third-order valence-electron chi connectivity index (χ3n) is 17.6. The second-order valence-electron chi connectivity index (χ2n) is 26.9. The molecule has 10 atom stereocenters. The highest BCUT2D eigenvalue weighted by atomic mass is 32.2. The van der Waals surface area contributed by atoms with E-state index in [1.807, 2.05) is 18.2 Å². The lowest BCUT2D eigenvalue weighted by atomic mass is 10.00. The first-order valence-corrected chi connectivity index (χ1v) is 37.3. The predicted molar refractivity (Wildman–Crippen MR) is 379 cm³/mol. The number of aromatic hydroxyl groups is 1. The molecule has 0 spiro atoms. The highest BCUT2D eigenvalue weighted by molar-refractivity contribution is 7.98. The van der Waals surface area contributed by atoms with Gasteiger partial charge in [-0.15, -0.1) is 0 Å². The zero-order valence-corrected chi connectivity index (χ0v) is 60.1. The molecule has 4 aliphatic heterocycles. The number of amides is 11. The van der Waals surface area contributed by atoms with Gasteiger partial charge in [0.2, 0.25) is 59.1 Å². The van der Waals surface area contributed by atoms with E-state index in [-0.39, 0.29) is 112 Å². The molecule has 0 aromatic heterocycles. The number of hydrogen-bond donors (Lipinski definition) is 13. The molecule has 2 aromatic carbocycles. The largest absolute Gasteiger partial charge is 0.508 e. The number of phenolic OH excluding ortho intramolecular Hbond substituents is 1. The average Bonchev–Trinajstić information content (AvgIpc) is 1.63. The van der Waals surface area contributed by atoms with Gasteiger partial charge in [0.15, 0.2) is 0 Å². The molecule has 102 heavy (non-hydrogen) atoms. The molecule has 0 radical (unpaired) electrons. The van der Waals surface area contributed by atoms with Crippen LogP contribution in [-0.2, 0) is 85.1 Å². The maximum absolute atomic E-state index is 15.2. The molecule has 4 bridgehead atoms. The van der Waals surface area contributed by atoms with Gasteiger partial charge in [-0.1, -0.05) is 51.0 Å². The van der Waals surface area contributed by atoms with Gasteiger partial charge in [-0.2, -0.15) is 23.5 Å². The van der Waals surface area contributed by atoms with Gasteiger partial charge in [0.25, 0.3) is 5.91 Å². The van der Waals surface area contributed by atoms with Crippen LogP contribution in [0, 0.1) is 11.8 Å². The van der Waals surface area contributed by atoms with Crippen LogP contribution in [0.1, 0.15) is 154 Å². The van der Waals surface area contributed by atoms with Crippen molar-refractivity contribution in [2.75, 3.05) is 44.4 Å². The highest BCUT2D eigenvalue weighted by Crippen LogP contribution is 2.28. The van der Waals surface area contributed by atoms with Crippen molar-refractivity contribution in [2.24, 2.45) is 28.5 Å². The van der Waals surface area contributed by atoms with Gasteiger partial charge in [0.1, 0.15) is 84.7 Å². The van der Waals surface area contributed by atoms with Gasteiger partial charge in [-0.05, 0) is 162 Å². The summed E-state index contributed by atoms with van der Waals surface area (Å²) in [6, 6.07) is -2.54. The second-order valence-corrected chi connectivity index (χ2v) is 29.0. The van der Waals surface area contributed by atoms with Crippen LogP contribution in [0.2, 0.25) is 0 Å². The van der Waals surface area contributed by atoms with Crippen molar-refractivity contribution in [3.63, 3.8) is 0 Å². The number of nitrogens with two attached hydrogens (primary N) is 2. The lowest BCUT2D eigenvalue weighted by molar-refractivity contribution is -0.144. The van der Waals surface area contributed by atoms with Gasteiger partial charge < -0.3 is 88.7 Å². The molecule has 4 aliphatic rings. The fraction of sp³-hybridized carbons (Fsp3) is 0.623. The number of nitrogens with zero attached hydrogens (tertiary/aromatic N) is 3. The van der Waals surface area contributed by atoms with Crippen LogP contribution in [0.3, 0.4) is 0 Å². The second kappa shape index (κ2) is 42.0. The van der Waals surface area contributed by atoms with E-state index in [2.05, 4.69) is 47.7 Å². The zero-order valence-electron chi connectivity index (χ0n) is 58.4. The summed E-state index contributed by atoms with van der Waals surface area (Å²) < 4.78 is 6.30. The monoisotopic (exact) mass is 1460 g/mol. The Balaban J connectivity index is 1.42. The number of rotatable bonds is 17. The molecule has 4 heterocycles. The number of carbonyl (C=O) groups is 13. The van der Waals surface area contributed by atoms with Crippen LogP contribution in [-0.4, -0.2) is 213 Å². The highest BCUT2D eigenvalue weighted by Gasteiger charge is 2.43. The number of aryl methyl sites for hydroxylation is 1. The summed E-state index contributed by atoms with van der Waals surface area (Å²) >= 11 is 2.46. The Morgan fingerprint density at radius 2 is 1.11 bits per heavy atom. The van der Waals surface area contributed by atoms with Crippen molar-refractivity contribution in [1.29, 1.82) is 0 Å². The number of ether oxygens (including phenoxy) is 1. The maximum Gasteiger partial charge on any atom is 0.305 e. The van der Waals surface area contributed by atoms with E-state index in [9.17, 15) is 72.9 Å². The molecule has 0 unspecified atom stereocenters. The topological polar surface area (TPSA) is 468 Å². The van der Waals surface area contributed by atoms with Crippen LogP contribution in [0.25, 0.3) is 0 Å². The maximum atomic E-state index is 15.2. The third-order valence-corrected chi connectivity index (χ3v) is 19.8. The van der Waals surface area contributed by atoms with E-state index in [0.29, 0.717) is 67.7 Å². The van der Waals surface area contributed by atoms with E-state index in [4.69, 9.17) is 21.0 Å². The molecule has 33 heteroatoms. The Labute approximate surface area is 602 Å². The number of carbonyl (C=O) groups excluding carboxylic acids is 11. The van der Waals surface area contributed by atoms with Crippen molar-refractivity contribution in [1.82, 2.24) is 52.3 Å². The fourth-order valence-electron chi connectivity index (χ4n) is 12.3. The number of benzene rings is 2. The third kappa shape index (κ3) is 27.2. The number of aliphatic carboxylic acids is 2. The molecule has 562 valence electrons. The first kappa shape index (κ1) is 82.2. The van der Waals surface area contributed by atoms with Crippen LogP contribution in [0.5, 0.6) is 11.5 Å². The molecule has 11 amide bonds. The van der Waals surface area contributed by atoms with Crippen molar-refractivity contribution < 1.29 is 87.2 Å². The predicted octanol–water partition coefficient (Wildman–Crippen LogP) is 1.37. The molecule has 31 nitrogen and oxygen atoms in total. The molecule has 6 rings (SSSR count). The van der Waals surface area contributed by atoms with Gasteiger partial charge in [0, 0.05) is 42.5 Å². The summed E-state index contributed by atoms with van der Waals surface area (Å²) in [5.41, 5.74) is 13.8. The van der Waals surface area contributed by atoms with E-state index < -0.39 is 157 Å². The smallest absolute Gasteiger partial charge is 0.305 e. The van der Waals surface area contributed by atoms with Crippen molar-refractivity contribution in [3.05, 3.63) is 59.2 Å². The number of fused-ring (bicyclic) bond motifs is 7. The standard InChI is InChI=1S/C69H101N13O18S2/c1-40(2)29-50-64(93)76-51(34-59(87)88)65(94)78-52(30-41(3)4)68(97)81-25-11-14-55(81)66(95)75-48(21-18-42-16-19-45(83)20-17-42)62(91)74-49(22-23-58(85)86)63(92)79-53(60(71)89)38-101-36-43-31-44-33-46(32-43)99-27-9-5-6-10-28-100-72-35-57(84)73-47(13-7-8-24-70)61(90)80-54(39-102-37-44)69(98)82-26-12-15-56(82)67(96)77-50/h16-17,19-20,31-33,35,40-41,47-56,83H,5-15,18,21-30,34,36-39,70H2,1-4H3,(H2,71,89)(H,73,84)(H,74,91)(H,75,95)(H,76,93)(H,77,96)(H,78,94)(H,79,92)(H,80,90)(H,85,86)(H,87,88)/b72-35+/t47-,48-,49-,50-,51-,52-,53-,54-,55-,56-/m0/s1. The Hall–Kier alpha value is -8.72. The summed E-state index contributed by atoms with van der Waals surface area (Å²) in [5.74, 6) is -12.1. The molecule has 2 fully saturated rings. The van der Waals surface area contributed by atoms with Gasteiger partial charge in [-0.25, -0.2) is 0 Å². The van der Waals surface area contributed by atoms with Gasteiger partial charge in [0.05, 0.1) is 13.0 Å². The number of primary amides is 1. The number of unbranched alkanes of at least 4 members (excludes halogenated alkanes) is 1. The number of thioether (sulfide) groups is 2. The van der Waals surface area contributed by atoms with E-state index >= 15 is 4.79 Å². The van der Waals surface area contributed by atoms with E-state index in [0.717, 1.165) is 19.1 Å². The number of carboxylic acid groups (broad SMARTS) is 2. The van der Waals surface area contributed by atoms with Gasteiger partial charge >= 0.3 is 11.9 Å². The van der Waals surface area contributed by atoms with Crippen molar-refractivity contribution in [2.45, 2.75) is 215 Å². The molecule has 0 aliphatic carbocycles. The quantitative estimate of drug-likeness (QED) is 0.0995. The lowest BCUT2D eigenvalue weighted by Gasteiger charge is -2.32. The minimum absolute atomic E-state index is 0.00315. The number of nitrogens with one attached hydrogen (secondary N) is 8. The zero-order chi connectivity index (χ0) is 74.4. The first-order valence-electron chi connectivity index (χ1n) is 35.0. The van der Waals surface area contributed by atoms with Crippen LogP contribution in [0.15, 0.2) is 47.6 Å². The number of hydrogen-bond acceptors (Lipinski definition) is 20. The Bertz CT molecular complexity index is 3270. The Kier molecular flexibility index (Phi) is 33.9. The normalized spacial score (nSPS) is 25.5. The fourth-order valence-corrected chi connectivity index (χ4v) is 14.3. The molecule has 2 aromatic rings. The number of oxime groups is 1. The van der Waals surface area contributed by atoms with Crippen LogP contribution >= 0.6 is 23.5 Å². The summed E-state index contributed by atoms with van der Waals surface area (Å²) in [6.45, 7) is 7.88. The van der Waals surface area contributed by atoms with Gasteiger partial charge in [-0.3, -0.25) is 62.3 Å². The minimum Gasteiger partial charge on any atom is -0.508 e. The Morgan fingerprint density at radius 1 is 0.578 bits per heavy atom. The van der Waals surface area contributed by atoms with Crippen molar-refractivity contribution in [3.8, 4) is 11.5 Å². The summed E-state index contributed by atoms with van der Waals surface area (Å²) in [7, 11) is 0. The van der Waals surface area contributed by atoms with E-state index in [1.54, 1.807) is 39.8 Å². The molecule has 0 saturated carbocycles. The SMILES string of the molecule is CC(C)C[C@@H]1NC(=O)[C@@H]2CCCN2C(=O)[C@@H]2CSCc3cc(cc(c3)OCCCCCCO/N=C/C(=O)N[C@@H](CCCCN)C(=O)N2)CSC[C@@H](C(N)=O)NC(=O)[C@H](CCC(=O)O)NC(=O)[C@H](CCc2ccc(O)cc2)NC(=O)[C@@H]2CCCN2C(=O)[C@H](CC(C)C)NC(=O)[C@H](CC(=O)O)NC1=O. The molecular formula is C69H101N13O18S2.